The van der Waals surface area contributed by atoms with E-state index in [1.54, 1.807) is 17.0 Å². The number of anilines is 2. The van der Waals surface area contributed by atoms with Gasteiger partial charge in [0.1, 0.15) is 11.3 Å². The van der Waals surface area contributed by atoms with Crippen LogP contribution >= 0.6 is 0 Å². The number of alkyl halides is 3. The van der Waals surface area contributed by atoms with Crippen molar-refractivity contribution in [1.82, 2.24) is 20.1 Å². The standard InChI is InChI=1S/C30H34F3N5O4/c1-18-11-26(24-7-4-5-8-25(24)34-18)35-20-12-19(30(31,32)33)13-23(14-20)42-10-6-9-37-16-22-15-21(37)17-38(22)28(41)36-29(2,3)27(39)40/h4-5,7-8,11-14,21-22H,6,9-10,15-17H2,1-3H3,(H,34,35)(H,36,41)(H,39,40). The molecule has 0 radical (unpaired) electrons. The molecule has 3 heterocycles. The number of carboxylic acids is 1. The van der Waals surface area contributed by atoms with Crippen molar-refractivity contribution >= 4 is 34.3 Å². The van der Waals surface area contributed by atoms with E-state index in [0.717, 1.165) is 35.2 Å². The number of aliphatic carboxylic acids is 1. The third-order valence-electron chi connectivity index (χ3n) is 7.78. The van der Waals surface area contributed by atoms with Crippen LogP contribution in [0.25, 0.3) is 10.9 Å². The Hall–Kier alpha value is -4.06. The van der Waals surface area contributed by atoms with E-state index in [4.69, 9.17) is 4.74 Å². The smallest absolute Gasteiger partial charge is 0.416 e. The molecule has 2 bridgehead atoms. The summed E-state index contributed by atoms with van der Waals surface area (Å²) in [6.07, 6.45) is -3.15. The summed E-state index contributed by atoms with van der Waals surface area (Å²) in [5.41, 5.74) is 0.229. The SMILES string of the molecule is Cc1cc(Nc2cc(OCCCN3CC4CC3CN4C(=O)NC(C)(C)C(=O)O)cc(C(F)(F)F)c2)c2ccccc2n1. The van der Waals surface area contributed by atoms with Gasteiger partial charge in [0.2, 0.25) is 0 Å². The first-order valence-electron chi connectivity index (χ1n) is 13.8. The lowest BCUT2D eigenvalue weighted by atomic mass is 10.1. The van der Waals surface area contributed by atoms with E-state index in [1.807, 2.05) is 31.2 Å². The zero-order valence-corrected chi connectivity index (χ0v) is 23.7. The quantitative estimate of drug-likeness (QED) is 0.289. The summed E-state index contributed by atoms with van der Waals surface area (Å²) in [6.45, 7) is 6.77. The fourth-order valence-electron chi connectivity index (χ4n) is 5.61. The number of aromatic nitrogens is 1. The van der Waals surface area contributed by atoms with Gasteiger partial charge in [-0.1, -0.05) is 18.2 Å². The first kappa shape index (κ1) is 29.4. The molecular weight excluding hydrogens is 551 g/mol. The van der Waals surface area contributed by atoms with Crippen LogP contribution in [0.4, 0.5) is 29.3 Å². The molecule has 5 rings (SSSR count). The minimum Gasteiger partial charge on any atom is -0.493 e. The van der Waals surface area contributed by atoms with Gasteiger partial charge in [-0.3, -0.25) is 9.88 Å². The van der Waals surface area contributed by atoms with E-state index in [-0.39, 0.29) is 36.2 Å². The lowest BCUT2D eigenvalue weighted by Gasteiger charge is -2.35. The molecule has 2 aliphatic heterocycles. The van der Waals surface area contributed by atoms with Gasteiger partial charge in [0.25, 0.3) is 0 Å². The normalized spacial score (nSPS) is 18.9. The van der Waals surface area contributed by atoms with Crippen molar-refractivity contribution in [2.24, 2.45) is 0 Å². The van der Waals surface area contributed by atoms with Crippen LogP contribution in [0.1, 0.15) is 37.9 Å². The maximum absolute atomic E-state index is 13.7. The maximum Gasteiger partial charge on any atom is 0.416 e. The zero-order valence-electron chi connectivity index (χ0n) is 23.7. The molecule has 9 nitrogen and oxygen atoms in total. The first-order valence-corrected chi connectivity index (χ1v) is 13.8. The number of hydrogen-bond donors (Lipinski definition) is 3. The molecule has 2 saturated heterocycles. The van der Waals surface area contributed by atoms with Crippen molar-refractivity contribution < 1.29 is 32.6 Å². The second-order valence-electron chi connectivity index (χ2n) is 11.5. The minimum atomic E-state index is -4.54. The average molecular weight is 586 g/mol. The molecule has 2 unspecified atom stereocenters. The number of piperazine rings is 1. The molecule has 2 aliphatic rings. The lowest BCUT2D eigenvalue weighted by Crippen LogP contribution is -2.58. The van der Waals surface area contributed by atoms with Gasteiger partial charge in [-0.15, -0.1) is 0 Å². The summed E-state index contributed by atoms with van der Waals surface area (Å²) in [5, 5.41) is 15.8. The van der Waals surface area contributed by atoms with E-state index < -0.39 is 23.2 Å². The Kier molecular flexibility index (Phi) is 7.93. The number of para-hydroxylation sites is 1. The molecule has 2 amide bonds. The number of carboxylic acid groups (broad SMARTS) is 1. The summed E-state index contributed by atoms with van der Waals surface area (Å²) < 4.78 is 47.0. The highest BCUT2D eigenvalue weighted by Crippen LogP contribution is 2.36. The highest BCUT2D eigenvalue weighted by Gasteiger charge is 2.46. The number of nitrogens with zero attached hydrogens (tertiary/aromatic N) is 3. The number of rotatable bonds is 9. The van der Waals surface area contributed by atoms with E-state index >= 15 is 0 Å². The molecule has 3 N–H and O–H groups in total. The topological polar surface area (TPSA) is 107 Å². The number of urea groups is 1. The van der Waals surface area contributed by atoms with Crippen molar-refractivity contribution in [3.05, 3.63) is 59.8 Å². The lowest BCUT2D eigenvalue weighted by molar-refractivity contribution is -0.143. The van der Waals surface area contributed by atoms with Crippen molar-refractivity contribution in [2.75, 3.05) is 31.6 Å². The molecule has 2 fully saturated rings. The number of pyridine rings is 1. The largest absolute Gasteiger partial charge is 0.493 e. The number of fused-ring (bicyclic) bond motifs is 3. The number of likely N-dealkylation sites (tertiary alicyclic amines) is 2. The molecule has 12 heteroatoms. The highest BCUT2D eigenvalue weighted by molar-refractivity contribution is 5.93. The summed E-state index contributed by atoms with van der Waals surface area (Å²) in [7, 11) is 0. The average Bonchev–Trinajstić information content (AvgIpc) is 3.51. The molecule has 0 aliphatic carbocycles. The summed E-state index contributed by atoms with van der Waals surface area (Å²) >= 11 is 0. The van der Waals surface area contributed by atoms with Gasteiger partial charge in [0.15, 0.2) is 0 Å². The van der Waals surface area contributed by atoms with Crippen LogP contribution in [-0.2, 0) is 11.0 Å². The molecular formula is C30H34F3N5O4. The van der Waals surface area contributed by atoms with Crippen LogP contribution in [0.15, 0.2) is 48.5 Å². The number of benzene rings is 2. The summed E-state index contributed by atoms with van der Waals surface area (Å²) in [6, 6.07) is 12.6. The number of nitrogens with one attached hydrogen (secondary N) is 2. The van der Waals surface area contributed by atoms with E-state index in [9.17, 15) is 27.9 Å². The van der Waals surface area contributed by atoms with Gasteiger partial charge in [-0.25, -0.2) is 9.59 Å². The molecule has 3 aromatic rings. The number of ether oxygens (including phenoxy) is 1. The highest BCUT2D eigenvalue weighted by atomic mass is 19.4. The van der Waals surface area contributed by atoms with Crippen LogP contribution < -0.4 is 15.4 Å². The van der Waals surface area contributed by atoms with Crippen molar-refractivity contribution in [2.45, 2.75) is 57.4 Å². The Morgan fingerprint density at radius 1 is 1.10 bits per heavy atom. The monoisotopic (exact) mass is 585 g/mol. The van der Waals surface area contributed by atoms with Crippen molar-refractivity contribution in [3.63, 3.8) is 0 Å². The number of halogens is 3. The van der Waals surface area contributed by atoms with Crippen molar-refractivity contribution in [3.8, 4) is 5.75 Å². The molecule has 1 aromatic heterocycles. The third kappa shape index (κ3) is 6.38. The van der Waals surface area contributed by atoms with Gasteiger partial charge in [0.05, 0.1) is 17.7 Å². The number of amides is 2. The van der Waals surface area contributed by atoms with Gasteiger partial charge >= 0.3 is 18.2 Å². The van der Waals surface area contributed by atoms with Crippen LogP contribution in [-0.4, -0.2) is 75.8 Å². The maximum atomic E-state index is 13.7. The summed E-state index contributed by atoms with van der Waals surface area (Å²) in [4.78, 5) is 32.4. The van der Waals surface area contributed by atoms with E-state index in [1.165, 1.54) is 13.8 Å². The molecule has 2 atom stereocenters. The number of carbonyl (C=O) groups excluding carboxylic acids is 1. The van der Waals surface area contributed by atoms with Gasteiger partial charge in [0, 0.05) is 60.2 Å². The molecule has 0 spiro atoms. The Morgan fingerprint density at radius 3 is 2.55 bits per heavy atom. The number of hydrogen-bond acceptors (Lipinski definition) is 6. The second-order valence-corrected chi connectivity index (χ2v) is 11.5. The van der Waals surface area contributed by atoms with Crippen LogP contribution in [0.3, 0.4) is 0 Å². The number of carbonyl (C=O) groups is 2. The fourth-order valence-corrected chi connectivity index (χ4v) is 5.61. The Bertz CT molecular complexity index is 1500. The van der Waals surface area contributed by atoms with Crippen LogP contribution in [0.2, 0.25) is 0 Å². The van der Waals surface area contributed by atoms with Gasteiger partial charge < -0.3 is 25.4 Å². The Morgan fingerprint density at radius 2 is 1.86 bits per heavy atom. The molecule has 2 aromatic carbocycles. The van der Waals surface area contributed by atoms with E-state index in [2.05, 4.69) is 20.5 Å². The van der Waals surface area contributed by atoms with Crippen molar-refractivity contribution in [1.29, 1.82) is 0 Å². The zero-order chi connectivity index (χ0) is 30.2. The first-order chi connectivity index (χ1) is 19.8. The second kappa shape index (κ2) is 11.3. The minimum absolute atomic E-state index is 0.00878. The molecule has 224 valence electrons. The molecule has 42 heavy (non-hydrogen) atoms. The van der Waals surface area contributed by atoms with Gasteiger partial charge in [-0.2, -0.15) is 13.2 Å². The predicted molar refractivity (Wildman–Crippen MR) is 152 cm³/mol. The fraction of sp³-hybridized carbons (Fsp3) is 0.433. The summed E-state index contributed by atoms with van der Waals surface area (Å²) in [5.74, 6) is -0.985. The number of aryl methyl sites for hydroxylation is 1. The molecule has 0 saturated carbocycles. The van der Waals surface area contributed by atoms with Gasteiger partial charge in [-0.05, 0) is 57.9 Å². The Labute approximate surface area is 241 Å². The Balaban J connectivity index is 1.19. The predicted octanol–water partition coefficient (Wildman–Crippen LogP) is 5.41. The van der Waals surface area contributed by atoms with Crippen LogP contribution in [0.5, 0.6) is 5.75 Å². The third-order valence-corrected chi connectivity index (χ3v) is 7.78. The van der Waals surface area contributed by atoms with E-state index in [0.29, 0.717) is 31.7 Å². The van der Waals surface area contributed by atoms with Crippen LogP contribution in [0, 0.1) is 6.92 Å².